The molecule has 0 unspecified atom stereocenters. The van der Waals surface area contributed by atoms with Crippen molar-refractivity contribution in [1.82, 2.24) is 9.55 Å². The normalized spacial score (nSPS) is 11.2. The van der Waals surface area contributed by atoms with Gasteiger partial charge >= 0.3 is 5.97 Å². The number of anilines is 1. The number of nitrogens with zero attached hydrogens (tertiary/aromatic N) is 2. The molecule has 0 aliphatic rings. The number of carboxylic acids is 1. The van der Waals surface area contributed by atoms with E-state index in [9.17, 15) is 9.90 Å². The maximum atomic E-state index is 11.6. The lowest BCUT2D eigenvalue weighted by atomic mass is 9.98. The van der Waals surface area contributed by atoms with Crippen LogP contribution in [0.15, 0.2) is 42.7 Å². The van der Waals surface area contributed by atoms with Gasteiger partial charge in [0.15, 0.2) is 0 Å². The Morgan fingerprint density at radius 1 is 1.33 bits per heavy atom. The van der Waals surface area contributed by atoms with Gasteiger partial charge in [-0.3, -0.25) is 4.98 Å². The fourth-order valence-electron chi connectivity index (χ4n) is 2.99. The number of carbonyl (C=O) groups is 1. The van der Waals surface area contributed by atoms with Gasteiger partial charge in [-0.05, 0) is 35.7 Å². The molecule has 0 saturated carbocycles. The minimum absolute atomic E-state index is 0.291. The number of aromatic carboxylic acids is 1. The second kappa shape index (κ2) is 6.35. The van der Waals surface area contributed by atoms with Crippen LogP contribution in [0, 0.1) is 0 Å². The first kappa shape index (κ1) is 16.1. The molecule has 0 radical (unpaired) electrons. The van der Waals surface area contributed by atoms with Gasteiger partial charge in [-0.2, -0.15) is 0 Å². The molecular weight excluding hydrogens is 302 g/mol. The van der Waals surface area contributed by atoms with Gasteiger partial charge in [0.25, 0.3) is 0 Å². The highest BCUT2D eigenvalue weighted by Crippen LogP contribution is 2.32. The molecule has 2 heterocycles. The average molecular weight is 323 g/mol. The maximum absolute atomic E-state index is 11.6. The van der Waals surface area contributed by atoms with Crippen LogP contribution in [-0.2, 0) is 13.6 Å². The Balaban J connectivity index is 2.05. The Morgan fingerprint density at radius 3 is 2.75 bits per heavy atom. The monoisotopic (exact) mass is 323 g/mol. The highest BCUT2D eigenvalue weighted by molar-refractivity contribution is 6.05. The van der Waals surface area contributed by atoms with E-state index in [-0.39, 0.29) is 0 Å². The zero-order chi connectivity index (χ0) is 17.3. The van der Waals surface area contributed by atoms with Crippen LogP contribution in [0.4, 0.5) is 5.69 Å². The zero-order valence-electron chi connectivity index (χ0n) is 14.1. The lowest BCUT2D eigenvalue weighted by Crippen LogP contribution is -2.03. The van der Waals surface area contributed by atoms with Gasteiger partial charge in [-0.25, -0.2) is 4.79 Å². The number of rotatable bonds is 5. The lowest BCUT2D eigenvalue weighted by molar-refractivity contribution is 0.0699. The van der Waals surface area contributed by atoms with Crippen LogP contribution in [-0.4, -0.2) is 20.6 Å². The second-order valence-corrected chi connectivity index (χ2v) is 6.25. The van der Waals surface area contributed by atoms with Crippen LogP contribution in [0.25, 0.3) is 10.9 Å². The van der Waals surface area contributed by atoms with Crippen molar-refractivity contribution in [1.29, 1.82) is 0 Å². The highest BCUT2D eigenvalue weighted by atomic mass is 16.4. The van der Waals surface area contributed by atoms with Gasteiger partial charge in [0, 0.05) is 30.5 Å². The number of nitrogens with one attached hydrogen (secondary N) is 1. The molecule has 124 valence electrons. The van der Waals surface area contributed by atoms with E-state index < -0.39 is 5.97 Å². The molecular formula is C19H21N3O2. The molecule has 5 heteroatoms. The number of hydrogen-bond donors (Lipinski definition) is 2. The molecule has 0 aliphatic heterocycles. The smallest absolute Gasteiger partial charge is 0.337 e. The van der Waals surface area contributed by atoms with E-state index in [0.717, 1.165) is 27.8 Å². The van der Waals surface area contributed by atoms with Crippen LogP contribution in [0.3, 0.4) is 0 Å². The van der Waals surface area contributed by atoms with Crippen molar-refractivity contribution in [3.05, 3.63) is 59.5 Å². The lowest BCUT2D eigenvalue weighted by Gasteiger charge is -2.14. The SMILES string of the molecule is CC(C)c1cc(NCc2ccccn2)cc2c(C(=O)O)cn(C)c12. The predicted octanol–water partition coefficient (Wildman–Crippen LogP) is 4.01. The third-order valence-electron chi connectivity index (χ3n) is 4.16. The van der Waals surface area contributed by atoms with E-state index in [1.54, 1.807) is 12.4 Å². The molecule has 3 aromatic rings. The number of aromatic nitrogens is 2. The Kier molecular flexibility index (Phi) is 4.25. The van der Waals surface area contributed by atoms with Gasteiger partial charge in [0.05, 0.1) is 23.3 Å². The van der Waals surface area contributed by atoms with Crippen molar-refractivity contribution in [2.24, 2.45) is 7.05 Å². The van der Waals surface area contributed by atoms with Gasteiger partial charge in [-0.15, -0.1) is 0 Å². The molecule has 1 aromatic carbocycles. The summed E-state index contributed by atoms with van der Waals surface area (Å²) in [6, 6.07) is 9.80. The minimum atomic E-state index is -0.905. The van der Waals surface area contributed by atoms with Crippen LogP contribution < -0.4 is 5.32 Å². The zero-order valence-corrected chi connectivity index (χ0v) is 14.1. The Labute approximate surface area is 141 Å². The molecule has 0 bridgehead atoms. The maximum Gasteiger partial charge on any atom is 0.337 e. The molecule has 0 aliphatic carbocycles. The number of pyridine rings is 1. The summed E-state index contributed by atoms with van der Waals surface area (Å²) >= 11 is 0. The first-order valence-corrected chi connectivity index (χ1v) is 7.97. The first-order valence-electron chi connectivity index (χ1n) is 7.97. The standard InChI is InChI=1S/C19H21N3O2/c1-12(2)15-8-14(21-10-13-6-4-5-7-20-13)9-16-17(19(23)24)11-22(3)18(15)16/h4-9,11-12,21H,10H2,1-3H3,(H,23,24). The van der Waals surface area contributed by atoms with Gasteiger partial charge < -0.3 is 15.0 Å². The van der Waals surface area contributed by atoms with Crippen LogP contribution in [0.5, 0.6) is 0 Å². The predicted molar refractivity (Wildman–Crippen MR) is 95.5 cm³/mol. The van der Waals surface area contributed by atoms with Gasteiger partial charge in [0.1, 0.15) is 0 Å². The largest absolute Gasteiger partial charge is 0.478 e. The molecule has 5 nitrogen and oxygen atoms in total. The number of benzene rings is 1. The number of hydrogen-bond acceptors (Lipinski definition) is 3. The summed E-state index contributed by atoms with van der Waals surface area (Å²) in [5, 5.41) is 13.6. The molecule has 0 saturated heterocycles. The second-order valence-electron chi connectivity index (χ2n) is 6.25. The third-order valence-corrected chi connectivity index (χ3v) is 4.16. The van der Waals surface area contributed by atoms with Crippen LogP contribution in [0.1, 0.15) is 41.4 Å². The van der Waals surface area contributed by atoms with Crippen molar-refractivity contribution in [3.63, 3.8) is 0 Å². The summed E-state index contributed by atoms with van der Waals surface area (Å²) in [5.74, 6) is -0.614. The summed E-state index contributed by atoms with van der Waals surface area (Å²) in [6.45, 7) is 4.83. The third kappa shape index (κ3) is 2.97. The summed E-state index contributed by atoms with van der Waals surface area (Å²) in [5.41, 5.74) is 4.29. The minimum Gasteiger partial charge on any atom is -0.478 e. The fourth-order valence-corrected chi connectivity index (χ4v) is 2.99. The molecule has 0 amide bonds. The van der Waals surface area contributed by atoms with E-state index in [1.807, 2.05) is 35.9 Å². The Morgan fingerprint density at radius 2 is 2.12 bits per heavy atom. The number of aryl methyl sites for hydroxylation is 1. The van der Waals surface area contributed by atoms with Crippen molar-refractivity contribution in [3.8, 4) is 0 Å². The van der Waals surface area contributed by atoms with E-state index >= 15 is 0 Å². The first-order chi connectivity index (χ1) is 11.5. The quantitative estimate of drug-likeness (QED) is 0.744. The Hall–Kier alpha value is -2.82. The summed E-state index contributed by atoms with van der Waals surface area (Å²) in [7, 11) is 1.89. The number of fused-ring (bicyclic) bond motifs is 1. The summed E-state index contributed by atoms with van der Waals surface area (Å²) < 4.78 is 1.90. The Bertz CT molecular complexity index is 883. The van der Waals surface area contributed by atoms with Crippen molar-refractivity contribution in [2.45, 2.75) is 26.3 Å². The molecule has 2 N–H and O–H groups in total. The van der Waals surface area contributed by atoms with Crippen molar-refractivity contribution in [2.75, 3.05) is 5.32 Å². The van der Waals surface area contributed by atoms with Crippen molar-refractivity contribution < 1.29 is 9.90 Å². The van der Waals surface area contributed by atoms with E-state index in [1.165, 1.54) is 0 Å². The van der Waals surface area contributed by atoms with Crippen LogP contribution >= 0.6 is 0 Å². The molecule has 0 spiro atoms. The molecule has 0 atom stereocenters. The van der Waals surface area contributed by atoms with E-state index in [2.05, 4.69) is 30.2 Å². The molecule has 0 fully saturated rings. The van der Waals surface area contributed by atoms with E-state index in [4.69, 9.17) is 0 Å². The topological polar surface area (TPSA) is 67.2 Å². The highest BCUT2D eigenvalue weighted by Gasteiger charge is 2.18. The summed E-state index contributed by atoms with van der Waals surface area (Å²) in [6.07, 6.45) is 3.45. The van der Waals surface area contributed by atoms with Crippen LogP contribution in [0.2, 0.25) is 0 Å². The fraction of sp³-hybridized carbons (Fsp3) is 0.263. The number of carboxylic acid groups (broad SMARTS) is 1. The van der Waals surface area contributed by atoms with Gasteiger partial charge in [-0.1, -0.05) is 19.9 Å². The molecule has 24 heavy (non-hydrogen) atoms. The summed E-state index contributed by atoms with van der Waals surface area (Å²) in [4.78, 5) is 15.9. The average Bonchev–Trinajstić information content (AvgIpc) is 2.90. The van der Waals surface area contributed by atoms with E-state index in [0.29, 0.717) is 18.0 Å². The van der Waals surface area contributed by atoms with Crippen molar-refractivity contribution >= 4 is 22.6 Å². The van der Waals surface area contributed by atoms with Gasteiger partial charge in [0.2, 0.25) is 0 Å². The molecule has 3 rings (SSSR count). The molecule has 2 aromatic heterocycles.